The molecule has 2 aromatic rings. The number of hydrogen-bond donors (Lipinski definition) is 2. The quantitative estimate of drug-likeness (QED) is 0.866. The molecule has 26 heavy (non-hydrogen) atoms. The van der Waals surface area contributed by atoms with Gasteiger partial charge in [0.05, 0.1) is 0 Å². The lowest BCUT2D eigenvalue weighted by molar-refractivity contribution is -0.123. The van der Waals surface area contributed by atoms with Crippen LogP contribution >= 0.6 is 0 Å². The highest BCUT2D eigenvalue weighted by Gasteiger charge is 2.23. The Kier molecular flexibility index (Phi) is 5.63. The van der Waals surface area contributed by atoms with Crippen LogP contribution in [0.2, 0.25) is 0 Å². The molecule has 0 saturated carbocycles. The fourth-order valence-corrected chi connectivity index (χ4v) is 3.21. The first-order valence-corrected chi connectivity index (χ1v) is 8.69. The fourth-order valence-electron chi connectivity index (χ4n) is 3.21. The van der Waals surface area contributed by atoms with Crippen molar-refractivity contribution in [2.75, 3.05) is 18.4 Å². The van der Waals surface area contributed by atoms with E-state index >= 15 is 0 Å². The standard InChI is InChI=1S/C20H22FN3O2/c21-17-5-2-4-16(12-17)20(26)23-18-6-1-3-14(11-18)13-24-9-7-15(8-10-24)19(22)25/h1-6,11-12,15H,7-10,13H2,(H2,22,25)(H,23,26). The van der Waals surface area contributed by atoms with Crippen molar-refractivity contribution in [2.24, 2.45) is 11.7 Å². The predicted molar refractivity (Wildman–Crippen MR) is 98.0 cm³/mol. The normalized spacial score (nSPS) is 15.6. The number of piperidine rings is 1. The van der Waals surface area contributed by atoms with Crippen LogP contribution in [-0.2, 0) is 11.3 Å². The van der Waals surface area contributed by atoms with Crippen molar-refractivity contribution in [3.8, 4) is 0 Å². The van der Waals surface area contributed by atoms with Crippen molar-refractivity contribution in [2.45, 2.75) is 19.4 Å². The number of nitrogens with two attached hydrogens (primary N) is 1. The zero-order valence-corrected chi connectivity index (χ0v) is 14.5. The lowest BCUT2D eigenvalue weighted by Crippen LogP contribution is -2.38. The summed E-state index contributed by atoms with van der Waals surface area (Å²) in [6.07, 6.45) is 1.57. The van der Waals surface area contributed by atoms with Crippen molar-refractivity contribution >= 4 is 17.5 Å². The van der Waals surface area contributed by atoms with Crippen LogP contribution in [0.5, 0.6) is 0 Å². The minimum atomic E-state index is -0.439. The third-order valence-electron chi connectivity index (χ3n) is 4.67. The molecule has 0 radical (unpaired) electrons. The van der Waals surface area contributed by atoms with Crippen molar-refractivity contribution in [1.29, 1.82) is 0 Å². The van der Waals surface area contributed by atoms with Crippen molar-refractivity contribution in [3.05, 3.63) is 65.5 Å². The van der Waals surface area contributed by atoms with Crippen molar-refractivity contribution in [3.63, 3.8) is 0 Å². The van der Waals surface area contributed by atoms with Gasteiger partial charge in [-0.3, -0.25) is 14.5 Å². The third-order valence-corrected chi connectivity index (χ3v) is 4.67. The summed E-state index contributed by atoms with van der Waals surface area (Å²) in [5.74, 6) is -1.02. The zero-order chi connectivity index (χ0) is 18.5. The summed E-state index contributed by atoms with van der Waals surface area (Å²) in [6.45, 7) is 2.40. The summed E-state index contributed by atoms with van der Waals surface area (Å²) in [5, 5.41) is 2.80. The molecule has 0 aliphatic carbocycles. The molecule has 2 amide bonds. The van der Waals surface area contributed by atoms with Crippen LogP contribution in [0.3, 0.4) is 0 Å². The third kappa shape index (κ3) is 4.67. The van der Waals surface area contributed by atoms with Crippen LogP contribution in [0.25, 0.3) is 0 Å². The fraction of sp³-hybridized carbons (Fsp3) is 0.300. The summed E-state index contributed by atoms with van der Waals surface area (Å²) in [5.41, 5.74) is 7.39. The maximum atomic E-state index is 13.3. The summed E-state index contributed by atoms with van der Waals surface area (Å²) in [6, 6.07) is 13.2. The Labute approximate surface area is 152 Å². The summed E-state index contributed by atoms with van der Waals surface area (Å²) < 4.78 is 13.3. The maximum absolute atomic E-state index is 13.3. The van der Waals surface area contributed by atoms with E-state index in [1.807, 2.05) is 18.2 Å². The summed E-state index contributed by atoms with van der Waals surface area (Å²) in [4.78, 5) is 25.8. The van der Waals surface area contributed by atoms with Gasteiger partial charge in [-0.15, -0.1) is 0 Å². The second-order valence-corrected chi connectivity index (χ2v) is 6.62. The van der Waals surface area contributed by atoms with E-state index in [0.717, 1.165) is 38.0 Å². The molecular formula is C20H22FN3O2. The van der Waals surface area contributed by atoms with Gasteiger partial charge in [-0.05, 0) is 61.8 Å². The van der Waals surface area contributed by atoms with Gasteiger partial charge >= 0.3 is 0 Å². The Morgan fingerprint density at radius 2 is 1.85 bits per heavy atom. The molecule has 0 atom stereocenters. The molecule has 1 fully saturated rings. The van der Waals surface area contributed by atoms with E-state index in [-0.39, 0.29) is 23.3 Å². The highest BCUT2D eigenvalue weighted by atomic mass is 19.1. The number of likely N-dealkylation sites (tertiary alicyclic amines) is 1. The van der Waals surface area contributed by atoms with Crippen LogP contribution in [0.1, 0.15) is 28.8 Å². The molecule has 3 N–H and O–H groups in total. The first-order chi connectivity index (χ1) is 12.5. The molecule has 0 spiro atoms. The monoisotopic (exact) mass is 355 g/mol. The van der Waals surface area contributed by atoms with Gasteiger partial charge in [0.15, 0.2) is 0 Å². The molecule has 1 saturated heterocycles. The molecule has 0 unspecified atom stereocenters. The number of carbonyl (C=O) groups is 2. The highest BCUT2D eigenvalue weighted by molar-refractivity contribution is 6.04. The average molecular weight is 355 g/mol. The summed E-state index contributed by atoms with van der Waals surface area (Å²) >= 11 is 0. The number of halogens is 1. The van der Waals surface area contributed by atoms with Crippen LogP contribution in [0, 0.1) is 11.7 Å². The average Bonchev–Trinajstić information content (AvgIpc) is 2.62. The molecule has 0 aromatic heterocycles. The molecule has 1 aliphatic rings. The molecule has 0 bridgehead atoms. The van der Waals surface area contributed by atoms with Gasteiger partial charge < -0.3 is 11.1 Å². The smallest absolute Gasteiger partial charge is 0.255 e. The van der Waals surface area contributed by atoms with E-state index in [4.69, 9.17) is 5.73 Å². The Hall–Kier alpha value is -2.73. The van der Waals surface area contributed by atoms with Gasteiger partial charge in [0.1, 0.15) is 5.82 Å². The van der Waals surface area contributed by atoms with Crippen LogP contribution in [-0.4, -0.2) is 29.8 Å². The molecule has 6 heteroatoms. The number of amides is 2. The number of nitrogens with zero attached hydrogens (tertiary/aromatic N) is 1. The maximum Gasteiger partial charge on any atom is 0.255 e. The predicted octanol–water partition coefficient (Wildman–Crippen LogP) is 2.78. The lowest BCUT2D eigenvalue weighted by Gasteiger charge is -2.30. The molecule has 3 rings (SSSR count). The number of carbonyl (C=O) groups excluding carboxylic acids is 2. The first kappa shape index (κ1) is 18.1. The van der Waals surface area contributed by atoms with Gasteiger partial charge in [-0.1, -0.05) is 18.2 Å². The Morgan fingerprint density at radius 1 is 1.12 bits per heavy atom. The van der Waals surface area contributed by atoms with Gasteiger partial charge in [-0.25, -0.2) is 4.39 Å². The lowest BCUT2D eigenvalue weighted by atomic mass is 9.96. The topological polar surface area (TPSA) is 75.4 Å². The van der Waals surface area contributed by atoms with Gasteiger partial charge in [0, 0.05) is 23.7 Å². The summed E-state index contributed by atoms with van der Waals surface area (Å²) in [7, 11) is 0. The number of nitrogens with one attached hydrogen (secondary N) is 1. The Bertz CT molecular complexity index is 801. The highest BCUT2D eigenvalue weighted by Crippen LogP contribution is 2.20. The van der Waals surface area contributed by atoms with E-state index in [1.54, 1.807) is 12.1 Å². The van der Waals surface area contributed by atoms with Crippen LogP contribution < -0.4 is 11.1 Å². The largest absolute Gasteiger partial charge is 0.369 e. The number of rotatable bonds is 5. The number of primary amides is 1. The number of anilines is 1. The first-order valence-electron chi connectivity index (χ1n) is 8.69. The van der Waals surface area contributed by atoms with Crippen molar-refractivity contribution in [1.82, 2.24) is 4.90 Å². The molecular weight excluding hydrogens is 333 g/mol. The second-order valence-electron chi connectivity index (χ2n) is 6.62. The van der Waals surface area contributed by atoms with E-state index in [1.165, 1.54) is 18.2 Å². The van der Waals surface area contributed by atoms with E-state index in [9.17, 15) is 14.0 Å². The minimum Gasteiger partial charge on any atom is -0.369 e. The van der Waals surface area contributed by atoms with Gasteiger partial charge in [0.25, 0.3) is 5.91 Å². The molecule has 136 valence electrons. The van der Waals surface area contributed by atoms with Gasteiger partial charge in [0.2, 0.25) is 5.91 Å². The van der Waals surface area contributed by atoms with Gasteiger partial charge in [-0.2, -0.15) is 0 Å². The number of benzene rings is 2. The minimum absolute atomic E-state index is 0.0249. The molecule has 1 aliphatic heterocycles. The Balaban J connectivity index is 1.60. The van der Waals surface area contributed by atoms with Crippen LogP contribution in [0.15, 0.2) is 48.5 Å². The van der Waals surface area contributed by atoms with E-state index in [2.05, 4.69) is 10.2 Å². The zero-order valence-electron chi connectivity index (χ0n) is 14.5. The SMILES string of the molecule is NC(=O)C1CCN(Cc2cccc(NC(=O)c3cccc(F)c3)c2)CC1. The number of hydrogen-bond acceptors (Lipinski definition) is 3. The second kappa shape index (κ2) is 8.10. The van der Waals surface area contributed by atoms with Crippen LogP contribution in [0.4, 0.5) is 10.1 Å². The molecule has 5 nitrogen and oxygen atoms in total. The van der Waals surface area contributed by atoms with Crippen molar-refractivity contribution < 1.29 is 14.0 Å². The molecule has 2 aromatic carbocycles. The van der Waals surface area contributed by atoms with E-state index < -0.39 is 5.82 Å². The molecule has 1 heterocycles. The Morgan fingerprint density at radius 3 is 2.54 bits per heavy atom. The van der Waals surface area contributed by atoms with E-state index in [0.29, 0.717) is 5.69 Å².